The predicted molar refractivity (Wildman–Crippen MR) is 67.1 cm³/mol. The van der Waals surface area contributed by atoms with Gasteiger partial charge in [-0.3, -0.25) is 4.79 Å². The first-order valence-corrected chi connectivity index (χ1v) is 6.64. The van der Waals surface area contributed by atoms with Gasteiger partial charge < -0.3 is 10.6 Å². The Bertz CT molecular complexity index is 218. The van der Waals surface area contributed by atoms with Gasteiger partial charge in [0.25, 0.3) is 0 Å². The van der Waals surface area contributed by atoms with Gasteiger partial charge >= 0.3 is 0 Å². The van der Waals surface area contributed by atoms with Crippen LogP contribution in [0.1, 0.15) is 52.4 Å². The first kappa shape index (κ1) is 13.5. The highest BCUT2D eigenvalue weighted by atomic mass is 16.2. The number of carbonyl (C=O) groups is 1. The zero-order valence-electron chi connectivity index (χ0n) is 10.7. The molecule has 0 aromatic heterocycles. The third kappa shape index (κ3) is 4.12. The minimum atomic E-state index is 0.344. The fourth-order valence-corrected chi connectivity index (χ4v) is 2.38. The third-order valence-corrected chi connectivity index (χ3v) is 3.53. The topological polar surface area (TPSA) is 46.3 Å². The Labute approximate surface area is 99.4 Å². The number of likely N-dealkylation sites (tertiary alicyclic amines) is 1. The smallest absolute Gasteiger partial charge is 0.222 e. The molecule has 1 rings (SSSR count). The number of piperidine rings is 1. The molecule has 3 heteroatoms. The largest absolute Gasteiger partial charge is 0.340 e. The number of amides is 1. The monoisotopic (exact) mass is 226 g/mol. The lowest BCUT2D eigenvalue weighted by molar-refractivity contribution is -0.135. The van der Waals surface area contributed by atoms with E-state index in [9.17, 15) is 4.79 Å². The minimum Gasteiger partial charge on any atom is -0.340 e. The molecule has 1 saturated heterocycles. The fourth-order valence-electron chi connectivity index (χ4n) is 2.38. The van der Waals surface area contributed by atoms with E-state index in [4.69, 9.17) is 5.73 Å². The molecule has 0 aromatic carbocycles. The number of hydrogen-bond donors (Lipinski definition) is 1. The van der Waals surface area contributed by atoms with Crippen molar-refractivity contribution < 1.29 is 4.79 Å². The molecule has 0 spiro atoms. The summed E-state index contributed by atoms with van der Waals surface area (Å²) in [6, 6.07) is 0.443. The van der Waals surface area contributed by atoms with Crippen LogP contribution in [0.2, 0.25) is 0 Å². The second-order valence-corrected chi connectivity index (χ2v) is 5.18. The van der Waals surface area contributed by atoms with Crippen molar-refractivity contribution in [2.24, 2.45) is 11.7 Å². The lowest BCUT2D eigenvalue weighted by Gasteiger charge is -2.37. The van der Waals surface area contributed by atoms with Gasteiger partial charge in [-0.1, -0.05) is 13.3 Å². The zero-order valence-corrected chi connectivity index (χ0v) is 10.7. The van der Waals surface area contributed by atoms with Crippen molar-refractivity contribution in [2.45, 2.75) is 58.4 Å². The molecule has 2 N–H and O–H groups in total. The van der Waals surface area contributed by atoms with Crippen molar-refractivity contribution in [1.82, 2.24) is 4.90 Å². The third-order valence-electron chi connectivity index (χ3n) is 3.53. The molecule has 1 aliphatic heterocycles. The molecule has 1 fully saturated rings. The van der Waals surface area contributed by atoms with Gasteiger partial charge in [0.15, 0.2) is 0 Å². The van der Waals surface area contributed by atoms with Gasteiger partial charge in [0.05, 0.1) is 0 Å². The summed E-state index contributed by atoms with van der Waals surface area (Å²) < 4.78 is 0. The normalized spacial score (nSPS) is 25.8. The maximum atomic E-state index is 12.0. The molecule has 2 atom stereocenters. The fraction of sp³-hybridized carbons (Fsp3) is 0.923. The summed E-state index contributed by atoms with van der Waals surface area (Å²) in [6.45, 7) is 6.10. The van der Waals surface area contributed by atoms with Crippen LogP contribution in [0.4, 0.5) is 0 Å². The minimum absolute atomic E-state index is 0.344. The number of hydrogen-bond acceptors (Lipinski definition) is 2. The summed E-state index contributed by atoms with van der Waals surface area (Å²) in [6.07, 6.45) is 6.25. The molecule has 2 unspecified atom stereocenters. The van der Waals surface area contributed by atoms with Gasteiger partial charge in [0, 0.05) is 19.0 Å². The highest BCUT2D eigenvalue weighted by Gasteiger charge is 2.26. The summed E-state index contributed by atoms with van der Waals surface area (Å²) >= 11 is 0. The molecular weight excluding hydrogens is 200 g/mol. The number of unbranched alkanes of at least 4 members (excludes halogenated alkanes) is 2. The van der Waals surface area contributed by atoms with Crippen LogP contribution in [0.25, 0.3) is 0 Å². The molecule has 0 bridgehead atoms. The van der Waals surface area contributed by atoms with E-state index >= 15 is 0 Å². The molecule has 1 heterocycles. The van der Waals surface area contributed by atoms with Crippen LogP contribution < -0.4 is 5.73 Å². The molecule has 0 aliphatic carbocycles. The van der Waals surface area contributed by atoms with E-state index in [0.717, 1.165) is 38.8 Å². The average Bonchev–Trinajstić information content (AvgIpc) is 2.27. The van der Waals surface area contributed by atoms with E-state index in [1.54, 1.807) is 0 Å². The Hall–Kier alpha value is -0.570. The van der Waals surface area contributed by atoms with Crippen LogP contribution in [0.3, 0.4) is 0 Å². The van der Waals surface area contributed by atoms with Crippen molar-refractivity contribution in [1.29, 1.82) is 0 Å². The SMILES string of the molecule is CC1CCC(C)N(C(=O)CCCCCN)C1. The van der Waals surface area contributed by atoms with E-state index in [0.29, 0.717) is 24.3 Å². The van der Waals surface area contributed by atoms with Crippen LogP contribution in [-0.2, 0) is 4.79 Å². The Balaban J connectivity index is 2.28. The summed E-state index contributed by atoms with van der Waals surface area (Å²) in [5.74, 6) is 1.01. The molecule has 94 valence electrons. The number of rotatable bonds is 5. The lowest BCUT2D eigenvalue weighted by Crippen LogP contribution is -2.44. The van der Waals surface area contributed by atoms with Crippen molar-refractivity contribution in [3.63, 3.8) is 0 Å². The van der Waals surface area contributed by atoms with Gasteiger partial charge in [0.2, 0.25) is 5.91 Å². The Kier molecular flexibility index (Phi) is 5.81. The van der Waals surface area contributed by atoms with Gasteiger partial charge in [-0.05, 0) is 45.1 Å². The van der Waals surface area contributed by atoms with Gasteiger partial charge in [-0.25, -0.2) is 0 Å². The highest BCUT2D eigenvalue weighted by Crippen LogP contribution is 2.22. The molecule has 1 aliphatic rings. The summed E-state index contributed by atoms with van der Waals surface area (Å²) in [5.41, 5.74) is 5.43. The second kappa shape index (κ2) is 6.89. The van der Waals surface area contributed by atoms with Crippen molar-refractivity contribution in [3.8, 4) is 0 Å². The molecule has 3 nitrogen and oxygen atoms in total. The number of nitrogens with zero attached hydrogens (tertiary/aromatic N) is 1. The van der Waals surface area contributed by atoms with E-state index in [2.05, 4.69) is 18.7 Å². The Morgan fingerprint density at radius 3 is 2.69 bits per heavy atom. The number of nitrogens with two attached hydrogens (primary N) is 1. The van der Waals surface area contributed by atoms with Gasteiger partial charge in [0.1, 0.15) is 0 Å². The predicted octanol–water partition coefficient (Wildman–Crippen LogP) is 2.15. The van der Waals surface area contributed by atoms with Crippen molar-refractivity contribution >= 4 is 5.91 Å². The maximum Gasteiger partial charge on any atom is 0.222 e. The van der Waals surface area contributed by atoms with Crippen LogP contribution in [0.5, 0.6) is 0 Å². The molecular formula is C13H26N2O. The van der Waals surface area contributed by atoms with E-state index in [-0.39, 0.29) is 0 Å². The molecule has 1 amide bonds. The van der Waals surface area contributed by atoms with Crippen LogP contribution in [0.15, 0.2) is 0 Å². The maximum absolute atomic E-state index is 12.0. The van der Waals surface area contributed by atoms with Crippen molar-refractivity contribution in [2.75, 3.05) is 13.1 Å². The van der Waals surface area contributed by atoms with Crippen LogP contribution in [0, 0.1) is 5.92 Å². The Morgan fingerprint density at radius 2 is 2.00 bits per heavy atom. The van der Waals surface area contributed by atoms with Gasteiger partial charge in [-0.15, -0.1) is 0 Å². The first-order chi connectivity index (χ1) is 7.65. The summed E-state index contributed by atoms with van der Waals surface area (Å²) in [7, 11) is 0. The first-order valence-electron chi connectivity index (χ1n) is 6.64. The standard InChI is InChI=1S/C13H26N2O/c1-11-7-8-12(2)15(10-11)13(16)6-4-3-5-9-14/h11-12H,3-10,14H2,1-2H3. The lowest BCUT2D eigenvalue weighted by atomic mass is 9.94. The Morgan fingerprint density at radius 1 is 1.25 bits per heavy atom. The molecule has 16 heavy (non-hydrogen) atoms. The van der Waals surface area contributed by atoms with E-state index in [1.807, 2.05) is 0 Å². The van der Waals surface area contributed by atoms with Crippen LogP contribution >= 0.6 is 0 Å². The molecule has 0 radical (unpaired) electrons. The van der Waals surface area contributed by atoms with Gasteiger partial charge in [-0.2, -0.15) is 0 Å². The quantitative estimate of drug-likeness (QED) is 0.730. The van der Waals surface area contributed by atoms with E-state index < -0.39 is 0 Å². The van der Waals surface area contributed by atoms with Crippen LogP contribution in [-0.4, -0.2) is 29.9 Å². The van der Waals surface area contributed by atoms with Crippen molar-refractivity contribution in [3.05, 3.63) is 0 Å². The second-order valence-electron chi connectivity index (χ2n) is 5.18. The molecule has 0 aromatic rings. The number of carbonyl (C=O) groups excluding carboxylic acids is 1. The highest BCUT2D eigenvalue weighted by molar-refractivity contribution is 5.76. The van der Waals surface area contributed by atoms with E-state index in [1.165, 1.54) is 6.42 Å². The summed E-state index contributed by atoms with van der Waals surface area (Å²) in [5, 5.41) is 0. The molecule has 0 saturated carbocycles. The average molecular weight is 226 g/mol. The summed E-state index contributed by atoms with van der Waals surface area (Å²) in [4.78, 5) is 14.1. The zero-order chi connectivity index (χ0) is 12.0.